The summed E-state index contributed by atoms with van der Waals surface area (Å²) in [5, 5.41) is 8.37. The number of rotatable bonds is 9. The summed E-state index contributed by atoms with van der Waals surface area (Å²) in [5.41, 5.74) is 4.96. The van der Waals surface area contributed by atoms with Crippen LogP contribution in [0, 0.1) is 13.8 Å². The fourth-order valence-corrected chi connectivity index (χ4v) is 4.51. The highest BCUT2D eigenvalue weighted by molar-refractivity contribution is 6.31. The Hall–Kier alpha value is -3.90. The molecule has 7 heteroatoms. The molecule has 190 valence electrons. The van der Waals surface area contributed by atoms with Gasteiger partial charge in [0.05, 0.1) is 11.4 Å². The Kier molecular flexibility index (Phi) is 8.41. The van der Waals surface area contributed by atoms with Crippen LogP contribution in [-0.2, 0) is 4.79 Å². The van der Waals surface area contributed by atoms with E-state index in [2.05, 4.69) is 12.2 Å². The highest BCUT2D eigenvalue weighted by atomic mass is 35.5. The summed E-state index contributed by atoms with van der Waals surface area (Å²) in [4.78, 5) is 28.3. The Morgan fingerprint density at radius 2 is 1.70 bits per heavy atom. The number of para-hydroxylation sites is 1. The zero-order valence-electron chi connectivity index (χ0n) is 21.4. The molecule has 3 aromatic carbocycles. The molecule has 0 unspecified atom stereocenters. The van der Waals surface area contributed by atoms with E-state index in [1.165, 1.54) is 0 Å². The van der Waals surface area contributed by atoms with E-state index in [9.17, 15) is 9.59 Å². The number of nitrogens with one attached hydrogen (secondary N) is 1. The average molecular weight is 515 g/mol. The van der Waals surface area contributed by atoms with Gasteiger partial charge in [-0.3, -0.25) is 9.59 Å². The third kappa shape index (κ3) is 6.09. The van der Waals surface area contributed by atoms with E-state index >= 15 is 0 Å². The smallest absolute Gasteiger partial charge is 0.254 e. The van der Waals surface area contributed by atoms with Crippen LogP contribution >= 0.6 is 11.6 Å². The van der Waals surface area contributed by atoms with Gasteiger partial charge in [-0.15, -0.1) is 0 Å². The number of unbranched alkanes of at least 4 members (excludes halogenated alkanes) is 1. The lowest BCUT2D eigenvalue weighted by Crippen LogP contribution is -2.39. The van der Waals surface area contributed by atoms with E-state index < -0.39 is 0 Å². The second-order valence-corrected chi connectivity index (χ2v) is 9.45. The second kappa shape index (κ2) is 11.9. The monoisotopic (exact) mass is 514 g/mol. The van der Waals surface area contributed by atoms with Crippen molar-refractivity contribution in [2.45, 2.75) is 33.6 Å². The van der Waals surface area contributed by atoms with Gasteiger partial charge in [-0.05, 0) is 55.7 Å². The Labute approximate surface area is 222 Å². The van der Waals surface area contributed by atoms with Crippen molar-refractivity contribution >= 4 is 29.2 Å². The maximum absolute atomic E-state index is 13.5. The van der Waals surface area contributed by atoms with Gasteiger partial charge in [0, 0.05) is 22.7 Å². The summed E-state index contributed by atoms with van der Waals surface area (Å²) >= 11 is 6.12. The third-order valence-electron chi connectivity index (χ3n) is 6.20. The average Bonchev–Trinajstić information content (AvgIpc) is 3.21. The standard InChI is InChI=1S/C30H31ClN4O2/c1-4-5-18-34(30(37)24-15-11-16-25(31)19-24)20-27(36)32-29-28(23-13-7-6-8-14-23)22(3)33-35(29)26-17-10-9-12-21(26)2/h6-17,19H,4-5,18,20H2,1-3H3,(H,32,36). The maximum atomic E-state index is 13.5. The molecule has 0 aliphatic heterocycles. The summed E-state index contributed by atoms with van der Waals surface area (Å²) in [7, 11) is 0. The lowest BCUT2D eigenvalue weighted by atomic mass is 10.1. The van der Waals surface area contributed by atoms with Crippen LogP contribution < -0.4 is 5.32 Å². The molecule has 1 N–H and O–H groups in total. The number of nitrogens with zero attached hydrogens (tertiary/aromatic N) is 3. The van der Waals surface area contributed by atoms with E-state index in [1.807, 2.05) is 68.4 Å². The number of aryl methyl sites for hydroxylation is 2. The molecular weight excluding hydrogens is 484 g/mol. The predicted octanol–water partition coefficient (Wildman–Crippen LogP) is 6.69. The number of carbonyl (C=O) groups excluding carboxylic acids is 2. The molecule has 4 aromatic rings. The molecule has 0 saturated carbocycles. The first-order chi connectivity index (χ1) is 17.9. The molecule has 4 rings (SSSR count). The van der Waals surface area contributed by atoms with Gasteiger partial charge in [-0.25, -0.2) is 4.68 Å². The number of aromatic nitrogens is 2. The molecule has 37 heavy (non-hydrogen) atoms. The molecule has 0 aliphatic carbocycles. The predicted molar refractivity (Wildman–Crippen MR) is 149 cm³/mol. The molecule has 0 bridgehead atoms. The van der Waals surface area contributed by atoms with Gasteiger partial charge in [0.15, 0.2) is 0 Å². The number of halogens is 1. The maximum Gasteiger partial charge on any atom is 0.254 e. The molecule has 0 aliphatic rings. The van der Waals surface area contributed by atoms with Gasteiger partial charge >= 0.3 is 0 Å². The zero-order valence-corrected chi connectivity index (χ0v) is 22.1. The van der Waals surface area contributed by atoms with E-state index in [1.54, 1.807) is 33.8 Å². The van der Waals surface area contributed by atoms with Gasteiger partial charge in [0.2, 0.25) is 5.91 Å². The topological polar surface area (TPSA) is 67.2 Å². The SMILES string of the molecule is CCCCN(CC(=O)Nc1c(-c2ccccc2)c(C)nn1-c1ccccc1C)C(=O)c1cccc(Cl)c1. The molecule has 0 radical (unpaired) electrons. The number of benzene rings is 3. The highest BCUT2D eigenvalue weighted by Crippen LogP contribution is 2.34. The molecule has 6 nitrogen and oxygen atoms in total. The molecule has 1 heterocycles. The number of hydrogen-bond acceptors (Lipinski definition) is 3. The van der Waals surface area contributed by atoms with E-state index in [-0.39, 0.29) is 18.4 Å². The lowest BCUT2D eigenvalue weighted by Gasteiger charge is -2.23. The Bertz CT molecular complexity index is 1400. The van der Waals surface area contributed by atoms with Crippen molar-refractivity contribution in [2.75, 3.05) is 18.4 Å². The van der Waals surface area contributed by atoms with Gasteiger partial charge < -0.3 is 10.2 Å². The van der Waals surface area contributed by atoms with Crippen LogP contribution in [0.3, 0.4) is 0 Å². The van der Waals surface area contributed by atoms with Gasteiger partial charge in [-0.1, -0.05) is 79.5 Å². The van der Waals surface area contributed by atoms with Crippen LogP contribution in [0.5, 0.6) is 0 Å². The minimum absolute atomic E-state index is 0.0857. The first-order valence-corrected chi connectivity index (χ1v) is 12.8. The molecule has 0 saturated heterocycles. The van der Waals surface area contributed by atoms with Crippen molar-refractivity contribution in [2.24, 2.45) is 0 Å². The number of amides is 2. The van der Waals surface area contributed by atoms with Crippen molar-refractivity contribution in [3.8, 4) is 16.8 Å². The summed E-state index contributed by atoms with van der Waals surface area (Å²) < 4.78 is 1.78. The summed E-state index contributed by atoms with van der Waals surface area (Å²) in [6.07, 6.45) is 1.69. The zero-order chi connectivity index (χ0) is 26.4. The lowest BCUT2D eigenvalue weighted by molar-refractivity contribution is -0.116. The number of carbonyl (C=O) groups is 2. The second-order valence-electron chi connectivity index (χ2n) is 9.01. The Morgan fingerprint density at radius 3 is 2.41 bits per heavy atom. The quantitative estimate of drug-likeness (QED) is 0.270. The van der Waals surface area contributed by atoms with E-state index in [4.69, 9.17) is 16.7 Å². The number of anilines is 1. The minimum Gasteiger partial charge on any atom is -0.329 e. The van der Waals surface area contributed by atoms with Crippen molar-refractivity contribution in [1.29, 1.82) is 0 Å². The Balaban J connectivity index is 1.69. The molecule has 0 spiro atoms. The fraction of sp³-hybridized carbons (Fsp3) is 0.233. The van der Waals surface area contributed by atoms with Gasteiger partial charge in [0.1, 0.15) is 12.4 Å². The molecule has 0 fully saturated rings. The summed E-state index contributed by atoms with van der Waals surface area (Å²) in [6, 6.07) is 24.6. The molecule has 2 amide bonds. The van der Waals surface area contributed by atoms with Crippen LogP contribution in [-0.4, -0.2) is 39.6 Å². The first-order valence-electron chi connectivity index (χ1n) is 12.4. The third-order valence-corrected chi connectivity index (χ3v) is 6.43. The van der Waals surface area contributed by atoms with Crippen LogP contribution in [0.4, 0.5) is 5.82 Å². The van der Waals surface area contributed by atoms with Crippen molar-refractivity contribution in [3.05, 3.63) is 101 Å². The summed E-state index contributed by atoms with van der Waals surface area (Å²) in [6.45, 7) is 6.38. The van der Waals surface area contributed by atoms with Crippen molar-refractivity contribution in [3.63, 3.8) is 0 Å². The van der Waals surface area contributed by atoms with Crippen molar-refractivity contribution < 1.29 is 9.59 Å². The fourth-order valence-electron chi connectivity index (χ4n) is 4.32. The van der Waals surface area contributed by atoms with Crippen LogP contribution in [0.2, 0.25) is 5.02 Å². The van der Waals surface area contributed by atoms with Crippen LogP contribution in [0.1, 0.15) is 41.4 Å². The minimum atomic E-state index is -0.293. The normalized spacial score (nSPS) is 10.8. The van der Waals surface area contributed by atoms with Crippen LogP contribution in [0.15, 0.2) is 78.9 Å². The molecule has 0 atom stereocenters. The van der Waals surface area contributed by atoms with E-state index in [0.717, 1.165) is 40.9 Å². The van der Waals surface area contributed by atoms with Crippen molar-refractivity contribution in [1.82, 2.24) is 14.7 Å². The summed E-state index contributed by atoms with van der Waals surface area (Å²) in [5.74, 6) is 0.0602. The highest BCUT2D eigenvalue weighted by Gasteiger charge is 2.24. The van der Waals surface area contributed by atoms with Gasteiger partial charge in [0.25, 0.3) is 5.91 Å². The molecule has 1 aromatic heterocycles. The largest absolute Gasteiger partial charge is 0.329 e. The Morgan fingerprint density at radius 1 is 0.973 bits per heavy atom. The van der Waals surface area contributed by atoms with Gasteiger partial charge in [-0.2, -0.15) is 5.10 Å². The van der Waals surface area contributed by atoms with E-state index in [0.29, 0.717) is 22.9 Å². The van der Waals surface area contributed by atoms with Crippen LogP contribution in [0.25, 0.3) is 16.8 Å². The molecular formula is C30H31ClN4O2. The number of hydrogen-bond donors (Lipinski definition) is 1. The first kappa shape index (κ1) is 26.2.